The molecule has 0 saturated carbocycles. The molecule has 0 radical (unpaired) electrons. The first-order valence-electron chi connectivity index (χ1n) is 5.04. The molecule has 2 rings (SSSR count). The Kier molecular flexibility index (Phi) is 3.44. The van der Waals surface area contributed by atoms with Crippen molar-refractivity contribution in [2.24, 2.45) is 0 Å². The van der Waals surface area contributed by atoms with Crippen molar-refractivity contribution in [2.75, 3.05) is 6.26 Å². The maximum absolute atomic E-state index is 10.7. The van der Waals surface area contributed by atoms with Gasteiger partial charge in [-0.3, -0.25) is 4.98 Å². The number of carboxylic acids is 1. The van der Waals surface area contributed by atoms with Gasteiger partial charge in [0, 0.05) is 16.7 Å². The lowest BCUT2D eigenvalue weighted by atomic mass is 10.1. The third-order valence-corrected chi connectivity index (χ3v) is 3.10. The van der Waals surface area contributed by atoms with Crippen LogP contribution in [0.5, 0.6) is 0 Å². The zero-order valence-corrected chi connectivity index (χ0v) is 10.1. The van der Waals surface area contributed by atoms with E-state index in [0.717, 1.165) is 16.2 Å². The van der Waals surface area contributed by atoms with Gasteiger partial charge in [0.1, 0.15) is 0 Å². The largest absolute Gasteiger partial charge is 0.478 e. The molecule has 1 aromatic heterocycles. The van der Waals surface area contributed by atoms with E-state index in [1.54, 1.807) is 23.9 Å². The fourth-order valence-electron chi connectivity index (χ4n) is 1.47. The maximum Gasteiger partial charge on any atom is 0.337 e. The highest BCUT2D eigenvalue weighted by Crippen LogP contribution is 2.22. The number of rotatable bonds is 3. The van der Waals surface area contributed by atoms with Gasteiger partial charge in [-0.2, -0.15) is 0 Å². The topological polar surface area (TPSA) is 50.2 Å². The van der Waals surface area contributed by atoms with Crippen molar-refractivity contribution in [3.05, 3.63) is 48.2 Å². The van der Waals surface area contributed by atoms with Gasteiger partial charge in [0.05, 0.1) is 11.3 Å². The van der Waals surface area contributed by atoms with Crippen molar-refractivity contribution in [3.8, 4) is 11.3 Å². The predicted octanol–water partition coefficient (Wildman–Crippen LogP) is 3.17. The van der Waals surface area contributed by atoms with Gasteiger partial charge in [-0.05, 0) is 30.5 Å². The van der Waals surface area contributed by atoms with Gasteiger partial charge in [0.25, 0.3) is 0 Å². The number of benzene rings is 1. The quantitative estimate of drug-likeness (QED) is 0.844. The summed E-state index contributed by atoms with van der Waals surface area (Å²) < 4.78 is 0. The van der Waals surface area contributed by atoms with Crippen molar-refractivity contribution < 1.29 is 9.90 Å². The van der Waals surface area contributed by atoms with Crippen LogP contribution < -0.4 is 0 Å². The number of hydrogen-bond donors (Lipinski definition) is 1. The molecular formula is C13H11NO2S. The molecule has 86 valence electrons. The Labute approximate surface area is 104 Å². The summed E-state index contributed by atoms with van der Waals surface area (Å²) in [5, 5.41) is 8.79. The van der Waals surface area contributed by atoms with Crippen LogP contribution in [0.25, 0.3) is 11.3 Å². The van der Waals surface area contributed by atoms with Crippen molar-refractivity contribution in [3.63, 3.8) is 0 Å². The first kappa shape index (κ1) is 11.7. The molecule has 4 heteroatoms. The molecule has 17 heavy (non-hydrogen) atoms. The van der Waals surface area contributed by atoms with Gasteiger partial charge in [0.15, 0.2) is 0 Å². The molecule has 0 fully saturated rings. The second-order valence-electron chi connectivity index (χ2n) is 3.47. The van der Waals surface area contributed by atoms with Crippen LogP contribution in [0.4, 0.5) is 0 Å². The number of nitrogens with zero attached hydrogens (tertiary/aromatic N) is 1. The van der Waals surface area contributed by atoms with Crippen molar-refractivity contribution in [1.29, 1.82) is 0 Å². The highest BCUT2D eigenvalue weighted by Gasteiger charge is 2.04. The number of carbonyl (C=O) groups is 1. The molecule has 0 spiro atoms. The van der Waals surface area contributed by atoms with Gasteiger partial charge >= 0.3 is 5.97 Å². The van der Waals surface area contributed by atoms with Gasteiger partial charge in [-0.1, -0.05) is 12.1 Å². The molecule has 0 atom stereocenters. The van der Waals surface area contributed by atoms with Gasteiger partial charge in [0.2, 0.25) is 0 Å². The smallest absolute Gasteiger partial charge is 0.337 e. The minimum Gasteiger partial charge on any atom is -0.478 e. The summed E-state index contributed by atoms with van der Waals surface area (Å²) in [5.74, 6) is -0.957. The summed E-state index contributed by atoms with van der Waals surface area (Å²) in [7, 11) is 0. The summed E-state index contributed by atoms with van der Waals surface area (Å²) >= 11 is 1.66. The van der Waals surface area contributed by atoms with Gasteiger partial charge in [-0.25, -0.2) is 4.79 Å². The predicted molar refractivity (Wildman–Crippen MR) is 68.4 cm³/mol. The monoisotopic (exact) mass is 245 g/mol. The maximum atomic E-state index is 10.7. The third kappa shape index (κ3) is 2.65. The summed E-state index contributed by atoms with van der Waals surface area (Å²) in [6, 6.07) is 11.3. The fraction of sp³-hybridized carbons (Fsp3) is 0.0769. The van der Waals surface area contributed by atoms with E-state index >= 15 is 0 Å². The third-order valence-electron chi connectivity index (χ3n) is 2.38. The molecule has 1 N–H and O–H groups in total. The second kappa shape index (κ2) is 5.01. The Balaban J connectivity index is 2.36. The Morgan fingerprint density at radius 2 is 2.12 bits per heavy atom. The van der Waals surface area contributed by atoms with E-state index in [9.17, 15) is 4.79 Å². The number of pyridine rings is 1. The van der Waals surface area contributed by atoms with Crippen LogP contribution in [0.3, 0.4) is 0 Å². The van der Waals surface area contributed by atoms with E-state index in [1.807, 2.05) is 30.5 Å². The van der Waals surface area contributed by atoms with E-state index in [0.29, 0.717) is 0 Å². The van der Waals surface area contributed by atoms with Crippen molar-refractivity contribution in [1.82, 2.24) is 4.98 Å². The Morgan fingerprint density at radius 1 is 1.29 bits per heavy atom. The molecule has 3 nitrogen and oxygen atoms in total. The number of thioether (sulfide) groups is 1. The highest BCUT2D eigenvalue weighted by molar-refractivity contribution is 7.98. The molecule has 0 aliphatic carbocycles. The van der Waals surface area contributed by atoms with Crippen LogP contribution in [0, 0.1) is 0 Å². The normalized spacial score (nSPS) is 10.2. The Bertz CT molecular complexity index is 537. The number of aromatic nitrogens is 1. The number of carboxylic acid groups (broad SMARTS) is 1. The first-order valence-corrected chi connectivity index (χ1v) is 6.27. The molecule has 1 heterocycles. The van der Waals surface area contributed by atoms with E-state index in [-0.39, 0.29) is 5.56 Å². The standard InChI is InChI=1S/C13H11NO2S/c1-17-11-4-2-3-9(7-11)12-6-5-10(8-14-12)13(15)16/h2-8H,1H3,(H,15,16). The minimum atomic E-state index is -0.957. The summed E-state index contributed by atoms with van der Waals surface area (Å²) in [6.45, 7) is 0. The van der Waals surface area contributed by atoms with Crippen LogP contribution in [-0.4, -0.2) is 22.3 Å². The Hall–Kier alpha value is -1.81. The molecule has 1 aromatic carbocycles. The number of hydrogen-bond acceptors (Lipinski definition) is 3. The van der Waals surface area contributed by atoms with E-state index in [4.69, 9.17) is 5.11 Å². The lowest BCUT2D eigenvalue weighted by molar-refractivity contribution is 0.0696. The first-order chi connectivity index (χ1) is 8.20. The van der Waals surface area contributed by atoms with E-state index < -0.39 is 5.97 Å². The van der Waals surface area contributed by atoms with Gasteiger partial charge < -0.3 is 5.11 Å². The molecular weight excluding hydrogens is 234 g/mol. The molecule has 0 saturated heterocycles. The number of aromatic carboxylic acids is 1. The molecule has 0 unspecified atom stereocenters. The average molecular weight is 245 g/mol. The van der Waals surface area contributed by atoms with E-state index in [2.05, 4.69) is 4.98 Å². The molecule has 2 aromatic rings. The second-order valence-corrected chi connectivity index (χ2v) is 4.35. The van der Waals surface area contributed by atoms with Crippen LogP contribution in [0.1, 0.15) is 10.4 Å². The summed E-state index contributed by atoms with van der Waals surface area (Å²) in [5.41, 5.74) is 1.98. The van der Waals surface area contributed by atoms with Crippen LogP contribution in [-0.2, 0) is 0 Å². The SMILES string of the molecule is CSc1cccc(-c2ccc(C(=O)O)cn2)c1. The van der Waals surface area contributed by atoms with Crippen LogP contribution >= 0.6 is 11.8 Å². The summed E-state index contributed by atoms with van der Waals surface area (Å²) in [4.78, 5) is 16.0. The zero-order chi connectivity index (χ0) is 12.3. The molecule has 0 amide bonds. The molecule has 0 bridgehead atoms. The van der Waals surface area contributed by atoms with Gasteiger partial charge in [-0.15, -0.1) is 11.8 Å². The Morgan fingerprint density at radius 3 is 2.71 bits per heavy atom. The van der Waals surface area contributed by atoms with Crippen LogP contribution in [0.2, 0.25) is 0 Å². The minimum absolute atomic E-state index is 0.203. The summed E-state index contributed by atoms with van der Waals surface area (Å²) in [6.07, 6.45) is 3.39. The van der Waals surface area contributed by atoms with Crippen molar-refractivity contribution >= 4 is 17.7 Å². The molecule has 0 aliphatic heterocycles. The average Bonchev–Trinajstić information content (AvgIpc) is 2.39. The van der Waals surface area contributed by atoms with E-state index in [1.165, 1.54) is 6.20 Å². The van der Waals surface area contributed by atoms with Crippen LogP contribution in [0.15, 0.2) is 47.5 Å². The highest BCUT2D eigenvalue weighted by atomic mass is 32.2. The fourth-order valence-corrected chi connectivity index (χ4v) is 1.93. The molecule has 0 aliphatic rings. The van der Waals surface area contributed by atoms with Crippen molar-refractivity contribution in [2.45, 2.75) is 4.90 Å². The lowest BCUT2D eigenvalue weighted by Gasteiger charge is -2.03. The zero-order valence-electron chi connectivity index (χ0n) is 9.25. The lowest BCUT2D eigenvalue weighted by Crippen LogP contribution is -1.97.